The quantitative estimate of drug-likeness (QED) is 0.0222. The van der Waals surface area contributed by atoms with Crippen molar-refractivity contribution in [3.05, 3.63) is 35.9 Å². The molecule has 462 valence electrons. The number of nitrogens with zero attached hydrogens (tertiary/aromatic N) is 1. The molecule has 2 rings (SSSR count). The zero-order valence-electron chi connectivity index (χ0n) is 49.5. The second kappa shape index (κ2) is 34.6. The van der Waals surface area contributed by atoms with Crippen LogP contribution in [-0.2, 0) is 68.5 Å². The summed E-state index contributed by atoms with van der Waals surface area (Å²) in [5.74, 6) is -5.65. The average molecular weight is 1170 g/mol. The Bertz CT molecular complexity index is 2300. The van der Waals surface area contributed by atoms with Gasteiger partial charge in [0.15, 0.2) is 18.3 Å². The normalized spacial score (nSPS) is 15.5. The molecule has 0 spiro atoms. The van der Waals surface area contributed by atoms with Gasteiger partial charge in [0.2, 0.25) is 29.5 Å². The Morgan fingerprint density at radius 2 is 1.20 bits per heavy atom. The summed E-state index contributed by atoms with van der Waals surface area (Å²) in [7, 11) is 0. The van der Waals surface area contributed by atoms with E-state index < -0.39 is 138 Å². The second-order valence-corrected chi connectivity index (χ2v) is 21.7. The van der Waals surface area contributed by atoms with Gasteiger partial charge in [-0.3, -0.25) is 24.0 Å². The highest BCUT2D eigenvalue weighted by molar-refractivity contribution is 5.96. The number of carbonyl (C=O) groups excluding carboxylic acids is 10. The number of esters is 1. The van der Waals surface area contributed by atoms with Crippen molar-refractivity contribution in [2.75, 3.05) is 46.0 Å². The van der Waals surface area contributed by atoms with E-state index >= 15 is 0 Å². The van der Waals surface area contributed by atoms with Gasteiger partial charge in [0.05, 0.1) is 12.6 Å². The third-order valence-electron chi connectivity index (χ3n) is 10.9. The van der Waals surface area contributed by atoms with Crippen molar-refractivity contribution in [1.29, 1.82) is 0 Å². The molecule has 1 aliphatic rings. The van der Waals surface area contributed by atoms with Crippen LogP contribution in [0.2, 0.25) is 0 Å². The zero-order chi connectivity index (χ0) is 61.8. The minimum Gasteiger partial charge on any atom is -0.464 e. The van der Waals surface area contributed by atoms with Crippen LogP contribution in [0.15, 0.2) is 35.3 Å². The maximum Gasteiger partial charge on any atom is 0.408 e. The number of nitrogens with one attached hydrogen (secondary N) is 10. The first kappa shape index (κ1) is 70.4. The first-order chi connectivity index (χ1) is 38.3. The number of hydrogen-bond acceptors (Lipinski definition) is 20. The molecule has 0 fully saturated rings. The van der Waals surface area contributed by atoms with E-state index in [0.717, 1.165) is 0 Å². The lowest BCUT2D eigenvalue weighted by Crippen LogP contribution is -2.62. The summed E-state index contributed by atoms with van der Waals surface area (Å²) >= 11 is 0. The molecule has 9 amide bonds. The minimum atomic E-state index is -1.71. The molecule has 1 heterocycles. The Labute approximate surface area is 479 Å². The molecule has 0 unspecified atom stereocenters. The molecule has 0 radical (unpaired) electrons. The van der Waals surface area contributed by atoms with E-state index in [1.165, 1.54) is 13.8 Å². The summed E-state index contributed by atoms with van der Waals surface area (Å²) in [6.07, 6.45) is -4.67. The van der Waals surface area contributed by atoms with Crippen LogP contribution >= 0.6 is 0 Å². The van der Waals surface area contributed by atoms with Crippen LogP contribution in [0.25, 0.3) is 0 Å². The Morgan fingerprint density at radius 3 is 1.77 bits per heavy atom. The average Bonchev–Trinajstić information content (AvgIpc) is 3.36. The van der Waals surface area contributed by atoms with Crippen molar-refractivity contribution in [1.82, 2.24) is 53.2 Å². The molecule has 0 aromatic heterocycles. The molecule has 0 saturated carbocycles. The lowest BCUT2D eigenvalue weighted by atomic mass is 10.0. The van der Waals surface area contributed by atoms with E-state index in [4.69, 9.17) is 38.9 Å². The van der Waals surface area contributed by atoms with Crippen molar-refractivity contribution in [2.24, 2.45) is 10.7 Å². The molecule has 0 bridgehead atoms. The number of aliphatic imine (C=N–C) groups is 1. The summed E-state index contributed by atoms with van der Waals surface area (Å²) in [6, 6.07) is -0.917. The third kappa shape index (κ3) is 29.2. The smallest absolute Gasteiger partial charge is 0.408 e. The van der Waals surface area contributed by atoms with Crippen molar-refractivity contribution in [3.63, 3.8) is 0 Å². The van der Waals surface area contributed by atoms with Crippen LogP contribution in [0.3, 0.4) is 0 Å². The lowest BCUT2D eigenvalue weighted by molar-refractivity contribution is -0.180. The van der Waals surface area contributed by atoms with Gasteiger partial charge in [-0.1, -0.05) is 30.3 Å². The Kier molecular flexibility index (Phi) is 29.7. The molecule has 29 nitrogen and oxygen atoms in total. The molecule has 7 atom stereocenters. The summed E-state index contributed by atoms with van der Waals surface area (Å²) in [5.41, 5.74) is 3.89. The van der Waals surface area contributed by atoms with Crippen molar-refractivity contribution < 1.29 is 81.1 Å². The number of carbonyl (C=O) groups is 10. The number of guanidine groups is 1. The van der Waals surface area contributed by atoms with Gasteiger partial charge < -0.3 is 92.1 Å². The highest BCUT2D eigenvalue weighted by Crippen LogP contribution is 2.14. The van der Waals surface area contributed by atoms with E-state index in [0.29, 0.717) is 12.1 Å². The number of alkyl carbamates (subject to hydrolysis) is 4. The number of benzene rings is 1. The van der Waals surface area contributed by atoms with E-state index in [1.807, 2.05) is 0 Å². The SMILES string of the molecule is CCOC(=O)[C@H](NC(=O)[C@H](CNC(=O)C[C@H](CCCNC(=O)OC(C)(C)C)NC(=O)OC(C)(C)C)NC(=O)[C@H](C)NC(=O)[C@H](CNC(=O)[C@@H](NC(=O)OCc1ccccc1)[C@H]1CCNC(N)=N1)NC(=O)OC(C)(C)C)C(OCC)OCC. The van der Waals surface area contributed by atoms with Crippen LogP contribution in [0, 0.1) is 0 Å². The molecule has 1 aromatic carbocycles. The number of ether oxygens (including phenoxy) is 7. The molecule has 1 aliphatic heterocycles. The monoisotopic (exact) mass is 1160 g/mol. The van der Waals surface area contributed by atoms with E-state index in [2.05, 4.69) is 58.2 Å². The third-order valence-corrected chi connectivity index (χ3v) is 10.9. The topological polar surface area (TPSA) is 394 Å². The second-order valence-electron chi connectivity index (χ2n) is 21.7. The fourth-order valence-electron chi connectivity index (χ4n) is 7.32. The minimum absolute atomic E-state index is 0.00478. The van der Waals surface area contributed by atoms with E-state index in [1.54, 1.807) is 106 Å². The van der Waals surface area contributed by atoms with Gasteiger partial charge in [0, 0.05) is 51.9 Å². The van der Waals surface area contributed by atoms with Crippen LogP contribution in [-0.4, -0.2) is 177 Å². The van der Waals surface area contributed by atoms with Gasteiger partial charge in [0.1, 0.15) is 47.6 Å². The standard InChI is InChI=1S/C53H88N12O17/c1-14-76-44(71)39(45(77-15-2)78-16-3)64-42(69)35(28-57-37(66)27-33(60-49(74)81-52(8,9)10)23-20-25-56-47(72)80-51(5,6)7)61-40(67)31(4)59-41(68)36(63-50(75)82-53(11,12)13)29-58-43(70)38(34-24-26-55-46(54)62-34)65-48(73)79-30-32-21-18-17-19-22-32/h17-19,21-22,31,33-36,38-39,45H,14-16,20,23-30H2,1-13H3,(H,56,72)(H,57,66)(H,58,70)(H,59,68)(H,60,74)(H,61,67)(H,63,75)(H,64,69)(H,65,73)(H3,54,55,62)/t31-,33-,34+,35-,36-,38-,39-/m0/s1. The van der Waals surface area contributed by atoms with Crippen LogP contribution in [0.5, 0.6) is 0 Å². The lowest BCUT2D eigenvalue weighted by Gasteiger charge is -2.29. The van der Waals surface area contributed by atoms with Gasteiger partial charge in [-0.15, -0.1) is 0 Å². The molecule has 29 heteroatoms. The molecule has 0 aliphatic carbocycles. The zero-order valence-corrected chi connectivity index (χ0v) is 49.5. The Morgan fingerprint density at radius 1 is 0.634 bits per heavy atom. The van der Waals surface area contributed by atoms with E-state index in [9.17, 15) is 47.9 Å². The van der Waals surface area contributed by atoms with Crippen molar-refractivity contribution in [3.8, 4) is 0 Å². The molecule has 0 saturated heterocycles. The number of nitrogens with two attached hydrogens (primary N) is 1. The highest BCUT2D eigenvalue weighted by Gasteiger charge is 2.38. The maximum absolute atomic E-state index is 14.3. The first-order valence-electron chi connectivity index (χ1n) is 27.2. The van der Waals surface area contributed by atoms with Gasteiger partial charge in [-0.2, -0.15) is 0 Å². The molecular weight excluding hydrogens is 1080 g/mol. The van der Waals surface area contributed by atoms with Crippen LogP contribution < -0.4 is 58.9 Å². The Balaban J connectivity index is 2.45. The first-order valence-corrected chi connectivity index (χ1v) is 27.2. The van der Waals surface area contributed by atoms with Crippen molar-refractivity contribution >= 4 is 65.8 Å². The highest BCUT2D eigenvalue weighted by atomic mass is 16.7. The van der Waals surface area contributed by atoms with Crippen molar-refractivity contribution in [2.45, 2.75) is 188 Å². The van der Waals surface area contributed by atoms with Gasteiger partial charge >= 0.3 is 30.3 Å². The largest absolute Gasteiger partial charge is 0.464 e. The maximum atomic E-state index is 14.3. The van der Waals surface area contributed by atoms with Crippen LogP contribution in [0.1, 0.15) is 121 Å². The number of amides is 9. The van der Waals surface area contributed by atoms with Gasteiger partial charge in [0.25, 0.3) is 0 Å². The predicted molar refractivity (Wildman–Crippen MR) is 297 cm³/mol. The molecule has 1 aromatic rings. The Hall–Kier alpha value is -7.69. The fraction of sp³-hybridized carbons (Fsp3) is 0.679. The molecule has 12 N–H and O–H groups in total. The number of rotatable bonds is 30. The van der Waals surface area contributed by atoms with Crippen LogP contribution in [0.4, 0.5) is 19.2 Å². The summed E-state index contributed by atoms with van der Waals surface area (Å²) in [4.78, 5) is 139. The molecule has 82 heavy (non-hydrogen) atoms. The number of hydrogen-bond donors (Lipinski definition) is 11. The summed E-state index contributed by atoms with van der Waals surface area (Å²) < 4.78 is 37.9. The molecular formula is C53H88N12O17. The summed E-state index contributed by atoms with van der Waals surface area (Å²) in [5, 5.41) is 25.5. The van der Waals surface area contributed by atoms with Gasteiger partial charge in [-0.05, 0) is 115 Å². The summed E-state index contributed by atoms with van der Waals surface area (Å²) in [6.45, 7) is 19.7. The van der Waals surface area contributed by atoms with E-state index in [-0.39, 0.29) is 64.6 Å². The fourth-order valence-corrected chi connectivity index (χ4v) is 7.32. The predicted octanol–water partition coefficient (Wildman–Crippen LogP) is 1.11. The van der Waals surface area contributed by atoms with Gasteiger partial charge in [-0.25, -0.2) is 29.0 Å².